The molecule has 0 amide bonds. The van der Waals surface area contributed by atoms with Gasteiger partial charge >= 0.3 is 0 Å². The predicted octanol–water partition coefficient (Wildman–Crippen LogP) is 4.87. The Bertz CT molecular complexity index is 1190. The number of nitrogens with zero attached hydrogens (tertiary/aromatic N) is 3. The Morgan fingerprint density at radius 3 is 1.96 bits per heavy atom. The summed E-state index contributed by atoms with van der Waals surface area (Å²) in [6.07, 6.45) is 0. The Morgan fingerprint density at radius 2 is 1.31 bits per heavy atom. The Hall–Kier alpha value is -3.87. The fourth-order valence-corrected chi connectivity index (χ4v) is 3.03. The summed E-state index contributed by atoms with van der Waals surface area (Å²) in [6, 6.07) is 18.3. The van der Waals surface area contributed by atoms with Gasteiger partial charge in [0.25, 0.3) is 11.4 Å². The third-order valence-electron chi connectivity index (χ3n) is 4.23. The summed E-state index contributed by atoms with van der Waals surface area (Å²) in [5, 5.41) is 24.4. The third kappa shape index (κ3) is 2.51. The van der Waals surface area contributed by atoms with E-state index in [1.165, 1.54) is 24.3 Å². The van der Waals surface area contributed by atoms with Crippen molar-refractivity contribution in [1.29, 1.82) is 0 Å². The maximum Gasteiger partial charge on any atom is 0.271 e. The molecular weight excluding hydrogens is 334 g/mol. The van der Waals surface area contributed by atoms with Gasteiger partial charge in [-0.05, 0) is 17.5 Å². The molecule has 0 aliphatic carbocycles. The van der Waals surface area contributed by atoms with Gasteiger partial charge in [-0.1, -0.05) is 30.3 Å². The van der Waals surface area contributed by atoms with Gasteiger partial charge in [0, 0.05) is 40.6 Å². The van der Waals surface area contributed by atoms with Crippen LogP contribution in [0.4, 0.5) is 11.4 Å². The quantitative estimate of drug-likeness (QED) is 0.299. The number of nitro benzene ring substituents is 2. The van der Waals surface area contributed by atoms with Crippen LogP contribution in [0.2, 0.25) is 0 Å². The molecule has 1 heterocycles. The third-order valence-corrected chi connectivity index (χ3v) is 4.23. The molecule has 0 bridgehead atoms. The molecule has 0 radical (unpaired) electrons. The highest BCUT2D eigenvalue weighted by Crippen LogP contribution is 2.35. The number of pyridine rings is 1. The maximum atomic E-state index is 11.2. The first kappa shape index (κ1) is 15.6. The number of benzene rings is 3. The molecule has 0 saturated carbocycles. The first-order valence-corrected chi connectivity index (χ1v) is 7.76. The molecule has 4 rings (SSSR count). The lowest BCUT2D eigenvalue weighted by molar-refractivity contribution is -0.384. The molecule has 4 aromatic rings. The molecule has 26 heavy (non-hydrogen) atoms. The number of non-ortho nitro benzene ring substituents is 2. The van der Waals surface area contributed by atoms with Gasteiger partial charge in [-0.2, -0.15) is 0 Å². The molecule has 0 saturated heterocycles. The largest absolute Gasteiger partial charge is 0.271 e. The first-order valence-electron chi connectivity index (χ1n) is 7.76. The number of aromatic nitrogens is 1. The topological polar surface area (TPSA) is 99.2 Å². The Balaban J connectivity index is 2.14. The molecule has 1 aromatic heterocycles. The standard InChI is InChI=1S/C19H11N3O4/c23-21(24)13-6-8-15-16-9-7-14(22(25)26)11-18(16)20-19(17(15)10-13)12-4-2-1-3-5-12/h1-11H. The smallest absolute Gasteiger partial charge is 0.258 e. The zero-order chi connectivity index (χ0) is 18.3. The SMILES string of the molecule is O=[N+]([O-])c1ccc2c(c1)nc(-c1ccccc1)c1cc([N+](=O)[O-])ccc12. The Labute approximate surface area is 146 Å². The molecule has 3 aromatic carbocycles. The van der Waals surface area contributed by atoms with Crippen molar-refractivity contribution in [3.05, 3.63) is 87.0 Å². The molecule has 0 atom stereocenters. The molecule has 0 aliphatic rings. The van der Waals surface area contributed by atoms with E-state index in [2.05, 4.69) is 4.98 Å². The van der Waals surface area contributed by atoms with Crippen molar-refractivity contribution in [2.75, 3.05) is 0 Å². The van der Waals surface area contributed by atoms with E-state index in [1.807, 2.05) is 30.3 Å². The lowest BCUT2D eigenvalue weighted by Gasteiger charge is -2.10. The molecule has 0 aliphatic heterocycles. The van der Waals surface area contributed by atoms with Crippen LogP contribution in [0.15, 0.2) is 66.7 Å². The van der Waals surface area contributed by atoms with Crippen LogP contribution in [0.25, 0.3) is 32.9 Å². The zero-order valence-electron chi connectivity index (χ0n) is 13.3. The van der Waals surface area contributed by atoms with Crippen LogP contribution in [0.3, 0.4) is 0 Å². The van der Waals surface area contributed by atoms with Crippen LogP contribution in [0.1, 0.15) is 0 Å². The van der Waals surface area contributed by atoms with Crippen LogP contribution in [-0.4, -0.2) is 14.8 Å². The van der Waals surface area contributed by atoms with E-state index < -0.39 is 9.85 Å². The minimum Gasteiger partial charge on any atom is -0.258 e. The lowest BCUT2D eigenvalue weighted by Crippen LogP contribution is -1.94. The highest BCUT2D eigenvalue weighted by atomic mass is 16.6. The highest BCUT2D eigenvalue weighted by Gasteiger charge is 2.16. The molecule has 0 unspecified atom stereocenters. The average Bonchev–Trinajstić information content (AvgIpc) is 2.67. The maximum absolute atomic E-state index is 11.2. The summed E-state index contributed by atoms with van der Waals surface area (Å²) in [6.45, 7) is 0. The van der Waals surface area contributed by atoms with E-state index >= 15 is 0 Å². The summed E-state index contributed by atoms with van der Waals surface area (Å²) in [5.74, 6) is 0. The summed E-state index contributed by atoms with van der Waals surface area (Å²) in [5.41, 5.74) is 1.73. The lowest BCUT2D eigenvalue weighted by atomic mass is 9.99. The second-order valence-corrected chi connectivity index (χ2v) is 5.77. The van der Waals surface area contributed by atoms with Crippen LogP contribution in [0.5, 0.6) is 0 Å². The summed E-state index contributed by atoms with van der Waals surface area (Å²) in [7, 11) is 0. The molecule has 0 spiro atoms. The van der Waals surface area contributed by atoms with E-state index in [9.17, 15) is 20.2 Å². The number of hydrogen-bond donors (Lipinski definition) is 0. The second kappa shape index (κ2) is 5.89. The Morgan fingerprint density at radius 1 is 0.692 bits per heavy atom. The van der Waals surface area contributed by atoms with Gasteiger partial charge in [0.1, 0.15) is 0 Å². The first-order chi connectivity index (χ1) is 12.5. The molecule has 126 valence electrons. The minimum absolute atomic E-state index is 0.0299. The van der Waals surface area contributed by atoms with E-state index in [4.69, 9.17) is 0 Å². The number of rotatable bonds is 3. The van der Waals surface area contributed by atoms with E-state index in [-0.39, 0.29) is 11.4 Å². The van der Waals surface area contributed by atoms with E-state index in [1.54, 1.807) is 12.1 Å². The molecule has 0 N–H and O–H groups in total. The van der Waals surface area contributed by atoms with Crippen molar-refractivity contribution in [1.82, 2.24) is 4.98 Å². The summed E-state index contributed by atoms with van der Waals surface area (Å²) < 4.78 is 0. The normalized spacial score (nSPS) is 10.9. The van der Waals surface area contributed by atoms with Gasteiger partial charge < -0.3 is 0 Å². The number of nitro groups is 2. The highest BCUT2D eigenvalue weighted by molar-refractivity contribution is 6.11. The Kier molecular flexibility index (Phi) is 3.54. The van der Waals surface area contributed by atoms with Crippen molar-refractivity contribution in [3.63, 3.8) is 0 Å². The minimum atomic E-state index is -0.469. The fraction of sp³-hybridized carbons (Fsp3) is 0. The molecule has 0 fully saturated rings. The van der Waals surface area contributed by atoms with Crippen LogP contribution < -0.4 is 0 Å². The van der Waals surface area contributed by atoms with Gasteiger partial charge in [-0.25, -0.2) is 4.98 Å². The van der Waals surface area contributed by atoms with Crippen molar-refractivity contribution in [2.45, 2.75) is 0 Å². The second-order valence-electron chi connectivity index (χ2n) is 5.77. The zero-order valence-corrected chi connectivity index (χ0v) is 13.3. The summed E-state index contributed by atoms with van der Waals surface area (Å²) in [4.78, 5) is 25.9. The van der Waals surface area contributed by atoms with Crippen LogP contribution in [-0.2, 0) is 0 Å². The van der Waals surface area contributed by atoms with Crippen LogP contribution >= 0.6 is 0 Å². The number of hydrogen-bond acceptors (Lipinski definition) is 5. The monoisotopic (exact) mass is 345 g/mol. The van der Waals surface area contributed by atoms with Gasteiger partial charge in [-0.3, -0.25) is 20.2 Å². The number of fused-ring (bicyclic) bond motifs is 3. The van der Waals surface area contributed by atoms with Crippen molar-refractivity contribution in [2.24, 2.45) is 0 Å². The molecule has 7 nitrogen and oxygen atoms in total. The van der Waals surface area contributed by atoms with Crippen molar-refractivity contribution in [3.8, 4) is 11.3 Å². The predicted molar refractivity (Wildman–Crippen MR) is 98.0 cm³/mol. The van der Waals surface area contributed by atoms with Crippen molar-refractivity contribution >= 4 is 33.1 Å². The molecule has 7 heteroatoms. The molecular formula is C19H11N3O4. The fourth-order valence-electron chi connectivity index (χ4n) is 3.03. The van der Waals surface area contributed by atoms with Crippen LogP contribution in [0, 0.1) is 20.2 Å². The van der Waals surface area contributed by atoms with Gasteiger partial charge in [0.05, 0.1) is 21.1 Å². The van der Waals surface area contributed by atoms with Crippen molar-refractivity contribution < 1.29 is 9.85 Å². The van der Waals surface area contributed by atoms with E-state index in [0.717, 1.165) is 10.9 Å². The van der Waals surface area contributed by atoms with Gasteiger partial charge in [-0.15, -0.1) is 0 Å². The van der Waals surface area contributed by atoms with E-state index in [0.29, 0.717) is 22.0 Å². The average molecular weight is 345 g/mol. The van der Waals surface area contributed by atoms with Gasteiger partial charge in [0.15, 0.2) is 0 Å². The van der Waals surface area contributed by atoms with Gasteiger partial charge in [0.2, 0.25) is 0 Å². The summed E-state index contributed by atoms with van der Waals surface area (Å²) >= 11 is 0.